The van der Waals surface area contributed by atoms with Crippen LogP contribution in [-0.2, 0) is 9.84 Å². The molecule has 30 heavy (non-hydrogen) atoms. The molecule has 7 nitrogen and oxygen atoms in total. The Morgan fingerprint density at radius 3 is 2.43 bits per heavy atom. The Morgan fingerprint density at radius 1 is 0.967 bits per heavy atom. The lowest BCUT2D eigenvalue weighted by molar-refractivity contribution is 0.102. The average molecular weight is 439 g/mol. The number of para-hydroxylation sites is 2. The predicted octanol–water partition coefficient (Wildman–Crippen LogP) is 4.00. The smallest absolute Gasteiger partial charge is 0.257 e. The van der Waals surface area contributed by atoms with Crippen LogP contribution in [0.3, 0.4) is 0 Å². The van der Waals surface area contributed by atoms with Crippen LogP contribution in [0.4, 0.5) is 5.69 Å². The van der Waals surface area contributed by atoms with Crippen LogP contribution in [0.15, 0.2) is 72.0 Å². The molecule has 0 aliphatic heterocycles. The van der Waals surface area contributed by atoms with E-state index in [0.29, 0.717) is 22.0 Å². The molecule has 0 spiro atoms. The van der Waals surface area contributed by atoms with Gasteiger partial charge in [-0.15, -0.1) is 0 Å². The van der Waals surface area contributed by atoms with Crippen molar-refractivity contribution < 1.29 is 13.2 Å². The minimum atomic E-state index is -3.43. The number of nitrogens with one attached hydrogen (secondary N) is 1. The van der Waals surface area contributed by atoms with Gasteiger partial charge in [-0.1, -0.05) is 23.7 Å². The summed E-state index contributed by atoms with van der Waals surface area (Å²) in [4.78, 5) is 25.3. The van der Waals surface area contributed by atoms with Crippen LogP contribution in [-0.4, -0.2) is 35.5 Å². The number of amides is 1. The van der Waals surface area contributed by atoms with Gasteiger partial charge >= 0.3 is 0 Å². The van der Waals surface area contributed by atoms with Gasteiger partial charge in [-0.25, -0.2) is 18.4 Å². The molecule has 0 atom stereocenters. The summed E-state index contributed by atoms with van der Waals surface area (Å²) in [7, 11) is -3.43. The number of rotatable bonds is 4. The van der Waals surface area contributed by atoms with Gasteiger partial charge in [-0.2, -0.15) is 0 Å². The first-order valence-electron chi connectivity index (χ1n) is 8.80. The molecule has 2 heterocycles. The molecule has 2 aromatic heterocycles. The van der Waals surface area contributed by atoms with Gasteiger partial charge in [0, 0.05) is 23.7 Å². The Morgan fingerprint density at radius 2 is 1.73 bits per heavy atom. The molecule has 1 amide bonds. The number of hydrogen-bond donors (Lipinski definition) is 1. The number of sulfone groups is 1. The van der Waals surface area contributed by atoms with Gasteiger partial charge in [0.1, 0.15) is 0 Å². The van der Waals surface area contributed by atoms with E-state index >= 15 is 0 Å². The average Bonchev–Trinajstić information content (AvgIpc) is 2.74. The zero-order valence-electron chi connectivity index (χ0n) is 15.7. The topological polar surface area (TPSA) is 102 Å². The van der Waals surface area contributed by atoms with Crippen LogP contribution in [0.25, 0.3) is 22.3 Å². The molecule has 0 radical (unpaired) electrons. The third-order valence-electron chi connectivity index (χ3n) is 4.33. The molecule has 0 saturated carbocycles. The second kappa shape index (κ2) is 7.81. The highest BCUT2D eigenvalue weighted by Gasteiger charge is 2.13. The summed E-state index contributed by atoms with van der Waals surface area (Å²) >= 11 is 6.35. The molecule has 0 unspecified atom stereocenters. The molecule has 0 saturated heterocycles. The van der Waals surface area contributed by atoms with Gasteiger partial charge in [-0.05, 0) is 42.5 Å². The molecule has 4 aromatic rings. The van der Waals surface area contributed by atoms with E-state index in [1.807, 2.05) is 24.3 Å². The number of carbonyl (C=O) groups excluding carboxylic acids is 1. The van der Waals surface area contributed by atoms with Gasteiger partial charge in [0.25, 0.3) is 5.91 Å². The summed E-state index contributed by atoms with van der Waals surface area (Å²) in [6, 6.07) is 15.2. The molecule has 0 bridgehead atoms. The maximum Gasteiger partial charge on any atom is 0.257 e. The third-order valence-corrected chi connectivity index (χ3v) is 5.66. The van der Waals surface area contributed by atoms with E-state index < -0.39 is 15.7 Å². The van der Waals surface area contributed by atoms with Gasteiger partial charge < -0.3 is 5.32 Å². The first-order chi connectivity index (χ1) is 14.3. The number of benzene rings is 2. The Kier molecular flexibility index (Phi) is 5.19. The summed E-state index contributed by atoms with van der Waals surface area (Å²) in [6.45, 7) is 0. The summed E-state index contributed by atoms with van der Waals surface area (Å²) in [5, 5.41) is 3.13. The maximum atomic E-state index is 12.5. The third kappa shape index (κ3) is 4.14. The van der Waals surface area contributed by atoms with Gasteiger partial charge in [0.05, 0.1) is 33.5 Å². The van der Waals surface area contributed by atoms with Crippen LogP contribution in [0, 0.1) is 0 Å². The molecular formula is C21H15ClN4O3S. The fourth-order valence-electron chi connectivity index (χ4n) is 2.82. The van der Waals surface area contributed by atoms with E-state index in [1.54, 1.807) is 24.4 Å². The lowest BCUT2D eigenvalue weighted by Gasteiger charge is -2.10. The predicted molar refractivity (Wildman–Crippen MR) is 115 cm³/mol. The Balaban J connectivity index is 1.62. The number of fused-ring (bicyclic) bond motifs is 1. The molecular weight excluding hydrogens is 424 g/mol. The largest absolute Gasteiger partial charge is 0.322 e. The highest BCUT2D eigenvalue weighted by Crippen LogP contribution is 2.30. The summed E-state index contributed by atoms with van der Waals surface area (Å²) in [5.41, 5.74) is 3.43. The van der Waals surface area contributed by atoms with Crippen molar-refractivity contribution in [1.82, 2.24) is 15.0 Å². The highest BCUT2D eigenvalue weighted by molar-refractivity contribution is 7.90. The molecule has 2 aromatic carbocycles. The Labute approximate surface area is 177 Å². The summed E-state index contributed by atoms with van der Waals surface area (Å²) in [5.74, 6) is -0.430. The lowest BCUT2D eigenvalue weighted by Crippen LogP contribution is -2.13. The van der Waals surface area contributed by atoms with Gasteiger partial charge in [0.15, 0.2) is 14.9 Å². The zero-order valence-corrected chi connectivity index (χ0v) is 17.3. The van der Waals surface area contributed by atoms with Crippen molar-refractivity contribution in [2.45, 2.75) is 5.03 Å². The molecule has 9 heteroatoms. The molecule has 1 N–H and O–H groups in total. The van der Waals surface area contributed by atoms with Crippen molar-refractivity contribution in [1.29, 1.82) is 0 Å². The van der Waals surface area contributed by atoms with Crippen molar-refractivity contribution in [3.63, 3.8) is 0 Å². The van der Waals surface area contributed by atoms with Gasteiger partial charge in [0.2, 0.25) is 0 Å². The van der Waals surface area contributed by atoms with Crippen molar-refractivity contribution in [2.75, 3.05) is 11.6 Å². The molecule has 0 aliphatic carbocycles. The first kappa shape index (κ1) is 19.9. The summed E-state index contributed by atoms with van der Waals surface area (Å²) in [6.07, 6.45) is 3.90. The molecule has 0 aliphatic rings. The van der Waals surface area contributed by atoms with Gasteiger partial charge in [-0.3, -0.25) is 9.78 Å². The molecule has 150 valence electrons. The van der Waals surface area contributed by atoms with Crippen LogP contribution in [0.2, 0.25) is 5.02 Å². The number of hydrogen-bond acceptors (Lipinski definition) is 6. The monoisotopic (exact) mass is 438 g/mol. The number of nitrogens with zero attached hydrogens (tertiary/aromatic N) is 3. The Hall–Kier alpha value is -3.36. The van der Waals surface area contributed by atoms with E-state index in [2.05, 4.69) is 20.3 Å². The van der Waals surface area contributed by atoms with E-state index in [9.17, 15) is 13.2 Å². The van der Waals surface area contributed by atoms with Crippen LogP contribution in [0.1, 0.15) is 10.4 Å². The standard InChI is InChI=1S/C21H15ClN4O3S/c1-30(28,29)20-9-6-13(11-24-20)21(27)25-14-7-8-16(22)15(10-14)19-12-23-17-4-2-3-5-18(17)26-19/h2-12H,1H3,(H,25,27). The fraction of sp³-hybridized carbons (Fsp3) is 0.0476. The number of halogens is 1. The maximum absolute atomic E-state index is 12.5. The number of carbonyl (C=O) groups is 1. The van der Waals surface area contributed by atoms with Crippen LogP contribution < -0.4 is 5.32 Å². The van der Waals surface area contributed by atoms with E-state index in [-0.39, 0.29) is 10.6 Å². The normalized spacial score (nSPS) is 11.4. The van der Waals surface area contributed by atoms with E-state index in [1.165, 1.54) is 18.3 Å². The Bertz CT molecular complexity index is 1370. The minimum absolute atomic E-state index is 0.0947. The second-order valence-corrected chi connectivity index (χ2v) is 8.92. The first-order valence-corrected chi connectivity index (χ1v) is 11.1. The van der Waals surface area contributed by atoms with Crippen molar-refractivity contribution in [3.8, 4) is 11.3 Å². The van der Waals surface area contributed by atoms with E-state index in [0.717, 1.165) is 17.3 Å². The van der Waals surface area contributed by atoms with Crippen molar-refractivity contribution in [2.24, 2.45) is 0 Å². The van der Waals surface area contributed by atoms with Crippen LogP contribution in [0.5, 0.6) is 0 Å². The van der Waals surface area contributed by atoms with Crippen molar-refractivity contribution in [3.05, 3.63) is 77.6 Å². The highest BCUT2D eigenvalue weighted by atomic mass is 35.5. The number of aromatic nitrogens is 3. The number of anilines is 1. The second-order valence-electron chi connectivity index (χ2n) is 6.55. The quantitative estimate of drug-likeness (QED) is 0.516. The van der Waals surface area contributed by atoms with Crippen LogP contribution >= 0.6 is 11.6 Å². The fourth-order valence-corrected chi connectivity index (χ4v) is 3.60. The minimum Gasteiger partial charge on any atom is -0.322 e. The zero-order chi connectivity index (χ0) is 21.3. The van der Waals surface area contributed by atoms with E-state index in [4.69, 9.17) is 11.6 Å². The number of pyridine rings is 1. The lowest BCUT2D eigenvalue weighted by atomic mass is 10.1. The molecule has 0 fully saturated rings. The summed E-state index contributed by atoms with van der Waals surface area (Å²) < 4.78 is 23.0. The SMILES string of the molecule is CS(=O)(=O)c1ccc(C(=O)Nc2ccc(Cl)c(-c3cnc4ccccc4n3)c2)cn1. The van der Waals surface area contributed by atoms with Crippen molar-refractivity contribution >= 4 is 44.1 Å². The molecule has 4 rings (SSSR count).